The lowest BCUT2D eigenvalue weighted by Gasteiger charge is -2.09. The molecule has 0 saturated heterocycles. The number of amides is 2. The Bertz CT molecular complexity index is 1020. The summed E-state index contributed by atoms with van der Waals surface area (Å²) >= 11 is 3.16. The van der Waals surface area contributed by atoms with E-state index in [1.807, 2.05) is 66.7 Å². The van der Waals surface area contributed by atoms with Crippen LogP contribution in [0.25, 0.3) is 6.08 Å². The second-order valence-electron chi connectivity index (χ2n) is 6.08. The summed E-state index contributed by atoms with van der Waals surface area (Å²) < 4.78 is 5.69. The zero-order valence-corrected chi connectivity index (χ0v) is 17.1. The van der Waals surface area contributed by atoms with E-state index in [0.29, 0.717) is 11.2 Å². The van der Waals surface area contributed by atoms with E-state index in [-0.39, 0.29) is 11.5 Å². The molecule has 0 radical (unpaired) electrons. The third-order valence-corrected chi connectivity index (χ3v) is 4.36. The number of furan rings is 1. The van der Waals surface area contributed by atoms with Crippen LogP contribution in [0.15, 0.2) is 99.7 Å². The van der Waals surface area contributed by atoms with E-state index in [0.717, 1.165) is 11.1 Å². The molecule has 2 aromatic carbocycles. The first-order valence-corrected chi connectivity index (χ1v) is 9.73. The third kappa shape index (κ3) is 6.33. The van der Waals surface area contributed by atoms with Crippen LogP contribution < -0.4 is 10.6 Å². The molecule has 29 heavy (non-hydrogen) atoms. The van der Waals surface area contributed by atoms with Crippen molar-refractivity contribution in [2.24, 2.45) is 0 Å². The Balaban J connectivity index is 1.74. The van der Waals surface area contributed by atoms with Gasteiger partial charge in [-0.3, -0.25) is 9.59 Å². The Morgan fingerprint density at radius 3 is 2.28 bits per heavy atom. The second-order valence-corrected chi connectivity index (χ2v) is 6.86. The molecule has 0 unspecified atom stereocenters. The summed E-state index contributed by atoms with van der Waals surface area (Å²) in [6.45, 7) is 0.349. The van der Waals surface area contributed by atoms with Gasteiger partial charge in [-0.15, -0.1) is 0 Å². The minimum Gasteiger partial charge on any atom is -0.444 e. The molecular formula is C23H19BrN2O3. The lowest BCUT2D eigenvalue weighted by Crippen LogP contribution is -2.34. The van der Waals surface area contributed by atoms with Gasteiger partial charge in [0.15, 0.2) is 10.4 Å². The van der Waals surface area contributed by atoms with E-state index in [9.17, 15) is 9.59 Å². The summed E-state index contributed by atoms with van der Waals surface area (Å²) in [5, 5.41) is 5.43. The molecule has 0 atom stereocenters. The number of benzene rings is 2. The van der Waals surface area contributed by atoms with Crippen molar-refractivity contribution in [3.8, 4) is 0 Å². The van der Waals surface area contributed by atoms with Crippen LogP contribution in [0.1, 0.15) is 21.7 Å². The summed E-state index contributed by atoms with van der Waals surface area (Å²) in [6.07, 6.45) is 5.12. The van der Waals surface area contributed by atoms with Gasteiger partial charge in [0.25, 0.3) is 11.8 Å². The smallest absolute Gasteiger partial charge is 0.291 e. The molecule has 0 aliphatic rings. The molecular weight excluding hydrogens is 432 g/mol. The second kappa shape index (κ2) is 10.2. The van der Waals surface area contributed by atoms with Crippen molar-refractivity contribution in [1.82, 2.24) is 10.6 Å². The monoisotopic (exact) mass is 450 g/mol. The van der Waals surface area contributed by atoms with Crippen LogP contribution in [0.3, 0.4) is 0 Å². The molecule has 0 bridgehead atoms. The van der Waals surface area contributed by atoms with Crippen LogP contribution in [-0.2, 0) is 11.3 Å². The van der Waals surface area contributed by atoms with Crippen molar-refractivity contribution in [3.05, 3.63) is 112 Å². The van der Waals surface area contributed by atoms with Crippen LogP contribution in [0.2, 0.25) is 0 Å². The molecule has 3 aromatic rings. The van der Waals surface area contributed by atoms with Gasteiger partial charge < -0.3 is 15.1 Å². The average molecular weight is 451 g/mol. The van der Waals surface area contributed by atoms with E-state index in [2.05, 4.69) is 26.6 Å². The molecule has 1 aromatic heterocycles. The van der Waals surface area contributed by atoms with E-state index in [4.69, 9.17) is 4.42 Å². The molecule has 5 nitrogen and oxygen atoms in total. The number of hydrogen-bond acceptors (Lipinski definition) is 3. The highest BCUT2D eigenvalue weighted by Gasteiger charge is 2.16. The van der Waals surface area contributed by atoms with Gasteiger partial charge in [-0.1, -0.05) is 72.8 Å². The molecule has 0 saturated carbocycles. The van der Waals surface area contributed by atoms with Crippen molar-refractivity contribution in [1.29, 1.82) is 0 Å². The molecule has 0 fully saturated rings. The highest BCUT2D eigenvalue weighted by atomic mass is 79.9. The first kappa shape index (κ1) is 20.4. The van der Waals surface area contributed by atoms with Crippen LogP contribution in [0.5, 0.6) is 0 Å². The van der Waals surface area contributed by atoms with E-state index < -0.39 is 11.8 Å². The normalized spacial score (nSPS) is 11.4. The van der Waals surface area contributed by atoms with E-state index in [1.54, 1.807) is 18.2 Å². The molecule has 146 valence electrons. The summed E-state index contributed by atoms with van der Waals surface area (Å²) in [5.74, 6) is -0.805. The average Bonchev–Trinajstić information content (AvgIpc) is 3.19. The highest BCUT2D eigenvalue weighted by Crippen LogP contribution is 2.14. The number of carbonyl (C=O) groups is 2. The van der Waals surface area contributed by atoms with Gasteiger partial charge in [0, 0.05) is 6.54 Å². The molecule has 1 heterocycles. The fraction of sp³-hybridized carbons (Fsp3) is 0.0435. The van der Waals surface area contributed by atoms with Crippen LogP contribution in [-0.4, -0.2) is 11.8 Å². The van der Waals surface area contributed by atoms with Gasteiger partial charge in [-0.2, -0.15) is 0 Å². The van der Waals surface area contributed by atoms with Gasteiger partial charge in [0.1, 0.15) is 5.70 Å². The molecule has 0 aliphatic carbocycles. The zero-order valence-electron chi connectivity index (χ0n) is 15.5. The van der Waals surface area contributed by atoms with Crippen LogP contribution >= 0.6 is 15.9 Å². The van der Waals surface area contributed by atoms with Gasteiger partial charge in [-0.25, -0.2) is 0 Å². The Morgan fingerprint density at radius 2 is 1.62 bits per heavy atom. The topological polar surface area (TPSA) is 71.3 Å². The summed E-state index contributed by atoms with van der Waals surface area (Å²) in [4.78, 5) is 25.1. The van der Waals surface area contributed by atoms with Gasteiger partial charge in [0.05, 0.1) is 0 Å². The minimum atomic E-state index is -0.509. The van der Waals surface area contributed by atoms with Crippen molar-refractivity contribution in [2.45, 2.75) is 6.54 Å². The van der Waals surface area contributed by atoms with E-state index >= 15 is 0 Å². The van der Waals surface area contributed by atoms with E-state index in [1.165, 1.54) is 6.07 Å². The van der Waals surface area contributed by atoms with Gasteiger partial charge in [-0.05, 0) is 45.3 Å². The molecule has 0 aliphatic heterocycles. The predicted molar refractivity (Wildman–Crippen MR) is 116 cm³/mol. The fourth-order valence-electron chi connectivity index (χ4n) is 2.49. The lowest BCUT2D eigenvalue weighted by atomic mass is 10.2. The lowest BCUT2D eigenvalue weighted by molar-refractivity contribution is -0.118. The SMILES string of the molecule is O=C(NCc1ccccc1)/C(=C/C=C\c1ccccc1)NC(=O)c1ccc(Br)o1. The first-order valence-electron chi connectivity index (χ1n) is 8.94. The van der Waals surface area contributed by atoms with Gasteiger partial charge in [0.2, 0.25) is 0 Å². The number of allylic oxidation sites excluding steroid dienone is 2. The summed E-state index contributed by atoms with van der Waals surface area (Å²) in [7, 11) is 0. The molecule has 6 heteroatoms. The molecule has 2 amide bonds. The number of nitrogens with one attached hydrogen (secondary N) is 2. The molecule has 2 N–H and O–H groups in total. The van der Waals surface area contributed by atoms with Crippen molar-refractivity contribution < 1.29 is 14.0 Å². The van der Waals surface area contributed by atoms with Crippen molar-refractivity contribution >= 4 is 33.8 Å². The first-order chi connectivity index (χ1) is 14.1. The Morgan fingerprint density at radius 1 is 0.931 bits per heavy atom. The molecule has 3 rings (SSSR count). The van der Waals surface area contributed by atoms with Crippen LogP contribution in [0.4, 0.5) is 0 Å². The van der Waals surface area contributed by atoms with Gasteiger partial charge >= 0.3 is 0 Å². The maximum Gasteiger partial charge on any atom is 0.291 e. The standard InChI is InChI=1S/C23H19BrN2O3/c24-21-15-14-20(29-21)23(28)26-19(13-7-12-17-8-3-1-4-9-17)22(27)25-16-18-10-5-2-6-11-18/h1-15H,16H2,(H,25,27)(H,26,28)/b12-7-,19-13-. The minimum absolute atomic E-state index is 0.102. The third-order valence-electron chi connectivity index (χ3n) is 3.94. The number of halogens is 1. The Labute approximate surface area is 177 Å². The number of rotatable bonds is 7. The maximum absolute atomic E-state index is 12.7. The highest BCUT2D eigenvalue weighted by molar-refractivity contribution is 9.10. The quantitative estimate of drug-likeness (QED) is 0.405. The Kier molecular flexibility index (Phi) is 7.19. The number of carbonyl (C=O) groups excluding carboxylic acids is 2. The van der Waals surface area contributed by atoms with Crippen molar-refractivity contribution in [2.75, 3.05) is 0 Å². The fourth-order valence-corrected chi connectivity index (χ4v) is 2.79. The molecule has 0 spiro atoms. The predicted octanol–water partition coefficient (Wildman–Crippen LogP) is 4.69. The zero-order chi connectivity index (χ0) is 20.5. The Hall–Kier alpha value is -3.38. The van der Waals surface area contributed by atoms with Crippen LogP contribution in [0, 0.1) is 0 Å². The maximum atomic E-state index is 12.7. The van der Waals surface area contributed by atoms with Crippen molar-refractivity contribution in [3.63, 3.8) is 0 Å². The largest absolute Gasteiger partial charge is 0.444 e. The summed E-state index contributed by atoms with van der Waals surface area (Å²) in [6, 6.07) is 22.3. The summed E-state index contributed by atoms with van der Waals surface area (Å²) in [5.41, 5.74) is 2.06. The number of hydrogen-bond donors (Lipinski definition) is 2.